The second-order valence-electron chi connectivity index (χ2n) is 9.12. The molecule has 0 aromatic heterocycles. The number of benzene rings is 3. The van der Waals surface area contributed by atoms with Gasteiger partial charge in [-0.25, -0.2) is 12.8 Å². The molecule has 12 heteroatoms. The summed E-state index contributed by atoms with van der Waals surface area (Å²) < 4.78 is 53.0. The van der Waals surface area contributed by atoms with Crippen LogP contribution in [0.25, 0.3) is 0 Å². The number of hydrogen-bond acceptors (Lipinski definition) is 6. The Hall–Kier alpha value is -3.83. The minimum atomic E-state index is -4.33. The highest BCUT2D eigenvalue weighted by Crippen LogP contribution is 2.32. The van der Waals surface area contributed by atoms with Crippen LogP contribution in [0.1, 0.15) is 25.8 Å². The summed E-state index contributed by atoms with van der Waals surface area (Å²) in [6, 6.07) is 14.6. The molecule has 3 rings (SSSR count). The van der Waals surface area contributed by atoms with Crippen LogP contribution in [0.15, 0.2) is 71.6 Å². The number of nitrogens with one attached hydrogen (secondary N) is 1. The minimum Gasteiger partial charge on any atom is -0.493 e. The van der Waals surface area contributed by atoms with E-state index in [2.05, 4.69) is 5.32 Å². The first-order valence-corrected chi connectivity index (χ1v) is 14.7. The first-order valence-electron chi connectivity index (χ1n) is 12.8. The van der Waals surface area contributed by atoms with Crippen molar-refractivity contribution in [3.8, 4) is 11.5 Å². The lowest BCUT2D eigenvalue weighted by molar-refractivity contribution is -0.139. The van der Waals surface area contributed by atoms with E-state index in [1.807, 2.05) is 6.92 Å². The van der Waals surface area contributed by atoms with Gasteiger partial charge in [0, 0.05) is 24.2 Å². The third-order valence-electron chi connectivity index (χ3n) is 6.32. The molecule has 0 saturated heterocycles. The van der Waals surface area contributed by atoms with Crippen LogP contribution >= 0.6 is 11.6 Å². The Labute approximate surface area is 244 Å². The van der Waals surface area contributed by atoms with Gasteiger partial charge in [-0.05, 0) is 67.4 Å². The maximum absolute atomic E-state index is 14.0. The summed E-state index contributed by atoms with van der Waals surface area (Å²) in [6.07, 6.45) is 0.693. The second kappa shape index (κ2) is 14.2. The molecular weight excluding hydrogens is 573 g/mol. The summed E-state index contributed by atoms with van der Waals surface area (Å²) >= 11 is 6.05. The lowest BCUT2D eigenvalue weighted by Gasteiger charge is -2.32. The number of anilines is 1. The monoisotopic (exact) mass is 605 g/mol. The highest BCUT2D eigenvalue weighted by Gasteiger charge is 2.33. The molecule has 1 atom stereocenters. The van der Waals surface area contributed by atoms with E-state index in [0.29, 0.717) is 29.3 Å². The standard InChI is InChI=1S/C29H33ClFN3O6S/c1-5-16-32-29(36)20(2)33(18-21-6-10-23(31)11-7-21)28(35)19-34(24-12-8-22(30)9-13-24)41(37,38)25-14-15-26(39-3)27(17-25)40-4/h6-15,17,20H,5,16,18-19H2,1-4H3,(H,32,36)/t20-/m1/s1. The van der Waals surface area contributed by atoms with E-state index in [0.717, 1.165) is 4.31 Å². The van der Waals surface area contributed by atoms with Crippen molar-refractivity contribution in [3.05, 3.63) is 83.1 Å². The van der Waals surface area contributed by atoms with Crippen molar-refractivity contribution in [2.75, 3.05) is 31.6 Å². The van der Waals surface area contributed by atoms with E-state index in [9.17, 15) is 22.4 Å². The van der Waals surface area contributed by atoms with Crippen molar-refractivity contribution in [2.24, 2.45) is 0 Å². The van der Waals surface area contributed by atoms with Gasteiger partial charge in [0.15, 0.2) is 11.5 Å². The molecule has 0 saturated carbocycles. The van der Waals surface area contributed by atoms with Gasteiger partial charge in [-0.1, -0.05) is 30.7 Å². The number of sulfonamides is 1. The zero-order valence-corrected chi connectivity index (χ0v) is 24.8. The van der Waals surface area contributed by atoms with E-state index >= 15 is 0 Å². The zero-order chi connectivity index (χ0) is 30.2. The van der Waals surface area contributed by atoms with Gasteiger partial charge in [-0.15, -0.1) is 0 Å². The Bertz CT molecular complexity index is 1450. The number of nitrogens with zero attached hydrogens (tertiary/aromatic N) is 2. The molecule has 0 heterocycles. The van der Waals surface area contributed by atoms with E-state index < -0.39 is 40.2 Å². The van der Waals surface area contributed by atoms with E-state index in [4.69, 9.17) is 21.1 Å². The molecule has 3 aromatic carbocycles. The van der Waals surface area contributed by atoms with Gasteiger partial charge in [0.2, 0.25) is 11.8 Å². The predicted molar refractivity (Wildman–Crippen MR) is 155 cm³/mol. The fourth-order valence-electron chi connectivity index (χ4n) is 4.01. The Morgan fingerprint density at radius 3 is 2.20 bits per heavy atom. The molecule has 41 heavy (non-hydrogen) atoms. The summed E-state index contributed by atoms with van der Waals surface area (Å²) in [5, 5.41) is 3.15. The quantitative estimate of drug-likeness (QED) is 0.304. The normalized spacial score (nSPS) is 11.9. The van der Waals surface area contributed by atoms with E-state index in [-0.39, 0.29) is 22.9 Å². The van der Waals surface area contributed by atoms with Crippen LogP contribution in [0.4, 0.5) is 10.1 Å². The summed E-state index contributed by atoms with van der Waals surface area (Å²) in [6.45, 7) is 3.18. The fourth-order valence-corrected chi connectivity index (χ4v) is 5.56. The SMILES string of the molecule is CCCNC(=O)[C@@H](C)N(Cc1ccc(F)cc1)C(=O)CN(c1ccc(Cl)cc1)S(=O)(=O)c1ccc(OC)c(OC)c1. The zero-order valence-electron chi connectivity index (χ0n) is 23.3. The molecular formula is C29H33ClFN3O6S. The van der Waals surface area contributed by atoms with Crippen molar-refractivity contribution in [1.29, 1.82) is 0 Å². The number of ether oxygens (including phenoxy) is 2. The van der Waals surface area contributed by atoms with Crippen LogP contribution in [0.3, 0.4) is 0 Å². The van der Waals surface area contributed by atoms with Crippen molar-refractivity contribution < 1.29 is 31.9 Å². The topological polar surface area (TPSA) is 105 Å². The summed E-state index contributed by atoms with van der Waals surface area (Å²) in [4.78, 5) is 27.9. The van der Waals surface area contributed by atoms with Gasteiger partial charge in [-0.3, -0.25) is 13.9 Å². The van der Waals surface area contributed by atoms with Gasteiger partial charge in [0.25, 0.3) is 10.0 Å². The molecule has 0 unspecified atom stereocenters. The average Bonchev–Trinajstić information content (AvgIpc) is 2.97. The molecule has 220 valence electrons. The molecule has 0 radical (unpaired) electrons. The third kappa shape index (κ3) is 7.89. The summed E-state index contributed by atoms with van der Waals surface area (Å²) in [5.41, 5.74) is 0.748. The smallest absolute Gasteiger partial charge is 0.264 e. The van der Waals surface area contributed by atoms with Crippen molar-refractivity contribution in [3.63, 3.8) is 0 Å². The van der Waals surface area contributed by atoms with Crippen molar-refractivity contribution in [2.45, 2.75) is 37.8 Å². The molecule has 0 aliphatic carbocycles. The van der Waals surface area contributed by atoms with Crippen LogP contribution in [0.2, 0.25) is 5.02 Å². The second-order valence-corrected chi connectivity index (χ2v) is 11.4. The lowest BCUT2D eigenvalue weighted by Crippen LogP contribution is -2.51. The Kier molecular flexibility index (Phi) is 11.0. The third-order valence-corrected chi connectivity index (χ3v) is 8.34. The summed E-state index contributed by atoms with van der Waals surface area (Å²) in [5.74, 6) is -0.973. The van der Waals surface area contributed by atoms with Gasteiger partial charge in [0.05, 0.1) is 24.8 Å². The van der Waals surface area contributed by atoms with Gasteiger partial charge < -0.3 is 19.7 Å². The van der Waals surface area contributed by atoms with Gasteiger partial charge >= 0.3 is 0 Å². The molecule has 2 amide bonds. The fraction of sp³-hybridized carbons (Fsp3) is 0.310. The number of carbonyl (C=O) groups is 2. The molecule has 3 aromatic rings. The van der Waals surface area contributed by atoms with Crippen LogP contribution in [0, 0.1) is 5.82 Å². The largest absolute Gasteiger partial charge is 0.493 e. The number of amides is 2. The predicted octanol–water partition coefficient (Wildman–Crippen LogP) is 4.64. The van der Waals surface area contributed by atoms with Crippen LogP contribution in [0.5, 0.6) is 11.5 Å². The Balaban J connectivity index is 2.05. The first kappa shape index (κ1) is 31.7. The highest BCUT2D eigenvalue weighted by molar-refractivity contribution is 7.92. The van der Waals surface area contributed by atoms with Crippen molar-refractivity contribution in [1.82, 2.24) is 10.2 Å². The number of methoxy groups -OCH3 is 2. The molecule has 9 nitrogen and oxygen atoms in total. The summed E-state index contributed by atoms with van der Waals surface area (Å²) in [7, 11) is -1.52. The molecule has 0 spiro atoms. The number of halogens is 2. The minimum absolute atomic E-state index is 0.0509. The first-order chi connectivity index (χ1) is 19.5. The number of rotatable bonds is 13. The number of hydrogen-bond donors (Lipinski definition) is 1. The molecule has 0 aliphatic heterocycles. The molecule has 0 aliphatic rings. The van der Waals surface area contributed by atoms with E-state index in [1.54, 1.807) is 6.92 Å². The Morgan fingerprint density at radius 2 is 1.61 bits per heavy atom. The number of carbonyl (C=O) groups excluding carboxylic acids is 2. The highest BCUT2D eigenvalue weighted by atomic mass is 35.5. The van der Waals surface area contributed by atoms with Crippen LogP contribution < -0.4 is 19.1 Å². The molecule has 0 bridgehead atoms. The maximum atomic E-state index is 14.0. The molecule has 0 fully saturated rings. The molecule has 1 N–H and O–H groups in total. The van der Waals surface area contributed by atoms with Crippen LogP contribution in [-0.2, 0) is 26.2 Å². The van der Waals surface area contributed by atoms with Gasteiger partial charge in [0.1, 0.15) is 18.4 Å². The average molecular weight is 606 g/mol. The lowest BCUT2D eigenvalue weighted by atomic mass is 10.1. The maximum Gasteiger partial charge on any atom is 0.264 e. The van der Waals surface area contributed by atoms with E-state index in [1.165, 1.54) is 85.8 Å². The Morgan fingerprint density at radius 1 is 0.976 bits per heavy atom. The van der Waals surface area contributed by atoms with Crippen molar-refractivity contribution >= 4 is 39.1 Å². The van der Waals surface area contributed by atoms with Crippen LogP contribution in [-0.4, -0.2) is 58.5 Å². The van der Waals surface area contributed by atoms with Gasteiger partial charge in [-0.2, -0.15) is 0 Å².